The first-order valence-corrected chi connectivity index (χ1v) is 12.3. The largest absolute Gasteiger partial charge is 0.381 e. The zero-order valence-electron chi connectivity index (χ0n) is 17.2. The van der Waals surface area contributed by atoms with Gasteiger partial charge < -0.3 is 5.32 Å². The Balaban J connectivity index is 1.33. The van der Waals surface area contributed by atoms with Gasteiger partial charge in [0.25, 0.3) is 0 Å². The smallest absolute Gasteiger partial charge is 0.235 e. The summed E-state index contributed by atoms with van der Waals surface area (Å²) in [5.74, 6) is 0.220. The van der Waals surface area contributed by atoms with E-state index in [4.69, 9.17) is 16.6 Å². The maximum absolute atomic E-state index is 12.1. The monoisotopic (exact) mass is 464 g/mol. The molecular formula is C24H21ClN4O2S. The van der Waals surface area contributed by atoms with Crippen LogP contribution >= 0.6 is 11.6 Å². The number of hydrogen-bond donors (Lipinski definition) is 1. The number of nitrogens with one attached hydrogen (secondary N) is 1. The van der Waals surface area contributed by atoms with Crippen LogP contribution in [0.4, 0.5) is 11.4 Å². The van der Waals surface area contributed by atoms with E-state index in [1.165, 1.54) is 4.31 Å². The van der Waals surface area contributed by atoms with Crippen LogP contribution in [0, 0.1) is 0 Å². The number of anilines is 2. The van der Waals surface area contributed by atoms with Crippen LogP contribution in [0.1, 0.15) is 12.0 Å². The highest BCUT2D eigenvalue weighted by Crippen LogP contribution is 2.31. The first-order chi connectivity index (χ1) is 15.5. The molecule has 32 heavy (non-hydrogen) atoms. The van der Waals surface area contributed by atoms with E-state index >= 15 is 0 Å². The molecule has 1 fully saturated rings. The molecule has 0 spiro atoms. The van der Waals surface area contributed by atoms with Crippen LogP contribution in [-0.2, 0) is 16.6 Å². The molecule has 2 aromatic heterocycles. The van der Waals surface area contributed by atoms with Crippen LogP contribution in [0.5, 0.6) is 0 Å². The third-order valence-corrected chi connectivity index (χ3v) is 7.72. The van der Waals surface area contributed by atoms with Crippen molar-refractivity contribution in [1.29, 1.82) is 0 Å². The quantitative estimate of drug-likeness (QED) is 0.444. The molecule has 1 aliphatic heterocycles. The van der Waals surface area contributed by atoms with E-state index in [1.807, 2.05) is 66.7 Å². The molecule has 0 amide bonds. The molecule has 5 rings (SSSR count). The summed E-state index contributed by atoms with van der Waals surface area (Å²) in [6.45, 7) is 1.15. The maximum atomic E-state index is 12.1. The van der Waals surface area contributed by atoms with Gasteiger partial charge in [-0.15, -0.1) is 0 Å². The molecule has 162 valence electrons. The molecule has 1 aliphatic rings. The normalized spacial score (nSPS) is 15.2. The molecular weight excluding hydrogens is 444 g/mol. The Labute approximate surface area is 191 Å². The maximum Gasteiger partial charge on any atom is 0.235 e. The van der Waals surface area contributed by atoms with E-state index in [0.717, 1.165) is 39.2 Å². The summed E-state index contributed by atoms with van der Waals surface area (Å²) < 4.78 is 25.7. The topological polar surface area (TPSA) is 75.2 Å². The number of sulfonamides is 1. The predicted octanol–water partition coefficient (Wildman–Crippen LogP) is 5.10. The standard InChI is InChI=1S/C24H21ClN4O2S/c25-21-9-6-18(15-20(21)22-10-11-23-24(28-22)3-1-12-26-23)27-16-17-4-7-19(8-5-17)29-13-2-14-32(29,30)31/h1,3-12,15,27H,2,13-14,16H2. The molecule has 4 aromatic rings. The van der Waals surface area contributed by atoms with Crippen LogP contribution in [0.3, 0.4) is 0 Å². The number of fused-ring (bicyclic) bond motifs is 1. The molecule has 0 aliphatic carbocycles. The fourth-order valence-corrected chi connectivity index (χ4v) is 5.63. The van der Waals surface area contributed by atoms with Crippen molar-refractivity contribution < 1.29 is 8.42 Å². The number of hydrogen-bond acceptors (Lipinski definition) is 5. The molecule has 2 aromatic carbocycles. The Morgan fingerprint density at radius 1 is 1.00 bits per heavy atom. The van der Waals surface area contributed by atoms with Crippen molar-refractivity contribution in [3.8, 4) is 11.3 Å². The average Bonchev–Trinajstić information content (AvgIpc) is 3.17. The van der Waals surface area contributed by atoms with Crippen molar-refractivity contribution in [2.75, 3.05) is 21.9 Å². The number of nitrogens with zero attached hydrogens (tertiary/aromatic N) is 3. The predicted molar refractivity (Wildman–Crippen MR) is 130 cm³/mol. The Kier molecular flexibility index (Phi) is 5.45. The van der Waals surface area contributed by atoms with Crippen molar-refractivity contribution >= 4 is 44.0 Å². The SMILES string of the molecule is O=S1(=O)CCCN1c1ccc(CNc2ccc(Cl)c(-c3ccc4ncccc4n3)c2)cc1. The van der Waals surface area contributed by atoms with Crippen molar-refractivity contribution in [3.63, 3.8) is 0 Å². The lowest BCUT2D eigenvalue weighted by molar-refractivity contribution is 0.599. The second kappa shape index (κ2) is 8.41. The molecule has 1 N–H and O–H groups in total. The van der Waals surface area contributed by atoms with Gasteiger partial charge in [-0.25, -0.2) is 13.4 Å². The molecule has 0 bridgehead atoms. The molecule has 6 nitrogen and oxygen atoms in total. The van der Waals surface area contributed by atoms with Gasteiger partial charge in [0.2, 0.25) is 10.0 Å². The first-order valence-electron chi connectivity index (χ1n) is 10.3. The Hall–Kier alpha value is -3.16. The fraction of sp³-hybridized carbons (Fsp3) is 0.167. The van der Waals surface area contributed by atoms with Crippen molar-refractivity contribution in [1.82, 2.24) is 9.97 Å². The molecule has 0 unspecified atom stereocenters. The molecule has 8 heteroatoms. The molecule has 1 saturated heterocycles. The highest BCUT2D eigenvalue weighted by atomic mass is 35.5. The minimum absolute atomic E-state index is 0.220. The summed E-state index contributed by atoms with van der Waals surface area (Å²) in [7, 11) is -3.16. The summed E-state index contributed by atoms with van der Waals surface area (Å²) in [5.41, 5.74) is 5.98. The lowest BCUT2D eigenvalue weighted by atomic mass is 10.1. The zero-order valence-corrected chi connectivity index (χ0v) is 18.8. The first kappa shape index (κ1) is 20.7. The van der Waals surface area contributed by atoms with E-state index in [9.17, 15) is 8.42 Å². The van der Waals surface area contributed by atoms with Crippen molar-refractivity contribution in [3.05, 3.63) is 83.5 Å². The van der Waals surface area contributed by atoms with Crippen LogP contribution < -0.4 is 9.62 Å². The van der Waals surface area contributed by atoms with Gasteiger partial charge >= 0.3 is 0 Å². The number of rotatable bonds is 5. The highest BCUT2D eigenvalue weighted by Gasteiger charge is 2.28. The van der Waals surface area contributed by atoms with Crippen molar-refractivity contribution in [2.45, 2.75) is 13.0 Å². The summed E-state index contributed by atoms with van der Waals surface area (Å²) >= 11 is 6.46. The van der Waals surface area contributed by atoms with Crippen LogP contribution in [0.2, 0.25) is 5.02 Å². The summed E-state index contributed by atoms with van der Waals surface area (Å²) in [6, 6.07) is 21.0. The number of aromatic nitrogens is 2. The number of halogens is 1. The summed E-state index contributed by atoms with van der Waals surface area (Å²) in [6.07, 6.45) is 2.42. The summed E-state index contributed by atoms with van der Waals surface area (Å²) in [5, 5.41) is 4.04. The van der Waals surface area contributed by atoms with E-state index in [2.05, 4.69) is 10.3 Å². The van der Waals surface area contributed by atoms with E-state index < -0.39 is 10.0 Å². The third-order valence-electron chi connectivity index (χ3n) is 5.52. The molecule has 0 saturated carbocycles. The van der Waals surface area contributed by atoms with Gasteiger partial charge in [-0.1, -0.05) is 23.7 Å². The Bertz CT molecular complexity index is 1390. The van der Waals surface area contributed by atoms with Gasteiger partial charge in [0.15, 0.2) is 0 Å². The molecule has 3 heterocycles. The van der Waals surface area contributed by atoms with E-state index in [1.54, 1.807) is 6.20 Å². The molecule has 0 radical (unpaired) electrons. The van der Waals surface area contributed by atoms with E-state index in [-0.39, 0.29) is 5.75 Å². The highest BCUT2D eigenvalue weighted by molar-refractivity contribution is 7.93. The van der Waals surface area contributed by atoms with Gasteiger partial charge in [-0.05, 0) is 66.6 Å². The van der Waals surface area contributed by atoms with Gasteiger partial charge in [-0.3, -0.25) is 9.29 Å². The fourth-order valence-electron chi connectivity index (χ4n) is 3.85. The minimum Gasteiger partial charge on any atom is -0.381 e. The van der Waals surface area contributed by atoms with Gasteiger partial charge in [0.05, 0.1) is 33.2 Å². The van der Waals surface area contributed by atoms with Crippen molar-refractivity contribution in [2.24, 2.45) is 0 Å². The van der Waals surface area contributed by atoms with E-state index in [0.29, 0.717) is 24.5 Å². The van der Waals surface area contributed by atoms with Crippen LogP contribution in [0.15, 0.2) is 72.9 Å². The third kappa shape index (κ3) is 4.13. The Morgan fingerprint density at radius 2 is 1.84 bits per heavy atom. The minimum atomic E-state index is -3.16. The van der Waals surface area contributed by atoms with Crippen LogP contribution in [0.25, 0.3) is 22.3 Å². The zero-order chi connectivity index (χ0) is 22.1. The second-order valence-corrected chi connectivity index (χ2v) is 10.1. The lowest BCUT2D eigenvalue weighted by Crippen LogP contribution is -2.24. The van der Waals surface area contributed by atoms with Crippen LogP contribution in [-0.4, -0.2) is 30.7 Å². The summed E-state index contributed by atoms with van der Waals surface area (Å²) in [4.78, 5) is 9.01. The second-order valence-electron chi connectivity index (χ2n) is 7.69. The van der Waals surface area contributed by atoms with Gasteiger partial charge in [0, 0.05) is 30.5 Å². The Morgan fingerprint density at radius 3 is 2.62 bits per heavy atom. The lowest BCUT2D eigenvalue weighted by Gasteiger charge is -2.17. The number of benzene rings is 2. The average molecular weight is 465 g/mol. The van der Waals surface area contributed by atoms with Gasteiger partial charge in [0.1, 0.15) is 0 Å². The van der Waals surface area contributed by atoms with Gasteiger partial charge in [-0.2, -0.15) is 0 Å². The molecule has 0 atom stereocenters. The number of pyridine rings is 2.